The van der Waals surface area contributed by atoms with Crippen molar-refractivity contribution in [3.63, 3.8) is 0 Å². The number of piperidine rings is 1. The van der Waals surface area contributed by atoms with Gasteiger partial charge in [-0.05, 0) is 50.2 Å². The number of β-amino-alcohol motifs (C(OH)–C–C–N with tert-alkyl or cyclic N) is 1. The summed E-state index contributed by atoms with van der Waals surface area (Å²) in [6.07, 6.45) is 7.85. The van der Waals surface area contributed by atoms with Crippen molar-refractivity contribution in [3.05, 3.63) is 52.8 Å². The minimum atomic E-state index is -0.663. The number of rotatable bonds is 1. The topological polar surface area (TPSA) is 58.5 Å². The highest BCUT2D eigenvalue weighted by atomic mass is 16.5. The van der Waals surface area contributed by atoms with Crippen molar-refractivity contribution < 1.29 is 9.84 Å². The summed E-state index contributed by atoms with van der Waals surface area (Å²) in [6.45, 7) is 3.97. The van der Waals surface area contributed by atoms with Crippen LogP contribution in [0.4, 0.5) is 5.95 Å². The van der Waals surface area contributed by atoms with Crippen molar-refractivity contribution in [3.8, 4) is 0 Å². The first-order chi connectivity index (χ1) is 13.0. The van der Waals surface area contributed by atoms with Gasteiger partial charge in [0, 0.05) is 31.3 Å². The average molecular weight is 365 g/mol. The highest BCUT2D eigenvalue weighted by molar-refractivity contribution is 5.40. The number of benzene rings is 1. The molecular formula is C22H27N3O2. The predicted molar refractivity (Wildman–Crippen MR) is 104 cm³/mol. The predicted octanol–water partition coefficient (Wildman–Crippen LogP) is 3.13. The van der Waals surface area contributed by atoms with Gasteiger partial charge < -0.3 is 14.7 Å². The molecule has 2 aromatic rings. The lowest BCUT2D eigenvalue weighted by molar-refractivity contribution is -0.0855. The quantitative estimate of drug-likeness (QED) is 0.841. The third-order valence-corrected chi connectivity index (χ3v) is 6.39. The van der Waals surface area contributed by atoms with E-state index in [0.717, 1.165) is 62.3 Å². The van der Waals surface area contributed by atoms with Gasteiger partial charge in [-0.1, -0.05) is 24.3 Å². The second-order valence-electron chi connectivity index (χ2n) is 8.63. The lowest BCUT2D eigenvalue weighted by Gasteiger charge is -2.42. The van der Waals surface area contributed by atoms with E-state index in [4.69, 9.17) is 9.72 Å². The number of nitrogens with zero attached hydrogens (tertiary/aromatic N) is 3. The van der Waals surface area contributed by atoms with Crippen molar-refractivity contribution in [1.29, 1.82) is 0 Å². The Morgan fingerprint density at radius 1 is 1.15 bits per heavy atom. The molecule has 1 fully saturated rings. The lowest BCUT2D eigenvalue weighted by atomic mass is 9.75. The minimum Gasteiger partial charge on any atom is -0.388 e. The fourth-order valence-electron chi connectivity index (χ4n) is 5.00. The second kappa shape index (κ2) is 6.28. The van der Waals surface area contributed by atoms with Gasteiger partial charge in [-0.2, -0.15) is 0 Å². The van der Waals surface area contributed by atoms with Crippen LogP contribution >= 0.6 is 0 Å². The van der Waals surface area contributed by atoms with Crippen LogP contribution in [0.5, 0.6) is 0 Å². The number of hydrogen-bond donors (Lipinski definition) is 1. The molecule has 3 heterocycles. The molecule has 2 atom stereocenters. The molecular weight excluding hydrogens is 338 g/mol. The Labute approximate surface area is 160 Å². The maximum Gasteiger partial charge on any atom is 0.225 e. The van der Waals surface area contributed by atoms with E-state index in [2.05, 4.69) is 34.1 Å². The molecule has 1 aromatic carbocycles. The molecule has 5 rings (SSSR count). The number of hydrogen-bond acceptors (Lipinski definition) is 5. The summed E-state index contributed by atoms with van der Waals surface area (Å²) in [6, 6.07) is 8.70. The summed E-state index contributed by atoms with van der Waals surface area (Å²) in [4.78, 5) is 11.7. The molecule has 5 nitrogen and oxygen atoms in total. The molecule has 1 aromatic heterocycles. The zero-order chi connectivity index (χ0) is 18.5. The van der Waals surface area contributed by atoms with Gasteiger partial charge in [0.2, 0.25) is 5.95 Å². The van der Waals surface area contributed by atoms with Crippen molar-refractivity contribution in [2.75, 3.05) is 18.0 Å². The highest BCUT2D eigenvalue weighted by Gasteiger charge is 2.41. The molecule has 1 spiro atoms. The van der Waals surface area contributed by atoms with E-state index >= 15 is 0 Å². The Hall–Kier alpha value is -1.98. The van der Waals surface area contributed by atoms with Gasteiger partial charge in [0.25, 0.3) is 0 Å². The monoisotopic (exact) mass is 365 g/mol. The largest absolute Gasteiger partial charge is 0.388 e. The smallest absolute Gasteiger partial charge is 0.225 e. The van der Waals surface area contributed by atoms with E-state index in [-0.39, 0.29) is 5.60 Å². The number of aryl methyl sites for hydroxylation is 1. The number of anilines is 1. The zero-order valence-electron chi connectivity index (χ0n) is 15.9. The normalized spacial score (nSPS) is 30.1. The van der Waals surface area contributed by atoms with E-state index in [1.54, 1.807) is 0 Å². The SMILES string of the molecule is C[C@@]1(O)CCCN(c2ncc3c(n2)CC2(CCCc4ccccc42)OC3)C1. The third kappa shape index (κ3) is 3.03. The van der Waals surface area contributed by atoms with Crippen LogP contribution in [0.1, 0.15) is 55.0 Å². The maximum absolute atomic E-state index is 10.4. The summed E-state index contributed by atoms with van der Waals surface area (Å²) >= 11 is 0. The first-order valence-electron chi connectivity index (χ1n) is 10.1. The third-order valence-electron chi connectivity index (χ3n) is 6.39. The van der Waals surface area contributed by atoms with E-state index in [1.165, 1.54) is 11.1 Å². The number of fused-ring (bicyclic) bond motifs is 3. The van der Waals surface area contributed by atoms with Gasteiger partial charge in [-0.3, -0.25) is 0 Å². The molecule has 27 heavy (non-hydrogen) atoms. The van der Waals surface area contributed by atoms with Crippen molar-refractivity contribution in [1.82, 2.24) is 9.97 Å². The van der Waals surface area contributed by atoms with Crippen LogP contribution < -0.4 is 4.90 Å². The number of ether oxygens (including phenoxy) is 1. The summed E-state index contributed by atoms with van der Waals surface area (Å²) in [5, 5.41) is 10.4. The average Bonchev–Trinajstić information content (AvgIpc) is 2.67. The Morgan fingerprint density at radius 2 is 2.04 bits per heavy atom. The van der Waals surface area contributed by atoms with Gasteiger partial charge in [-0.15, -0.1) is 0 Å². The van der Waals surface area contributed by atoms with Crippen LogP contribution in [0.3, 0.4) is 0 Å². The Morgan fingerprint density at radius 3 is 2.93 bits per heavy atom. The molecule has 0 amide bonds. The van der Waals surface area contributed by atoms with Crippen LogP contribution in [0.2, 0.25) is 0 Å². The van der Waals surface area contributed by atoms with Crippen molar-refractivity contribution in [2.24, 2.45) is 0 Å². The fourth-order valence-corrected chi connectivity index (χ4v) is 5.00. The molecule has 1 N–H and O–H groups in total. The number of aromatic nitrogens is 2. The Bertz CT molecular complexity index is 866. The molecule has 2 aliphatic heterocycles. The van der Waals surface area contributed by atoms with E-state index in [1.807, 2.05) is 13.1 Å². The first kappa shape index (κ1) is 17.1. The molecule has 0 bridgehead atoms. The van der Waals surface area contributed by atoms with Gasteiger partial charge in [-0.25, -0.2) is 9.97 Å². The summed E-state index contributed by atoms with van der Waals surface area (Å²) in [5.41, 5.74) is 4.03. The van der Waals surface area contributed by atoms with Crippen LogP contribution in [-0.2, 0) is 29.8 Å². The van der Waals surface area contributed by atoms with Gasteiger partial charge >= 0.3 is 0 Å². The maximum atomic E-state index is 10.4. The summed E-state index contributed by atoms with van der Waals surface area (Å²) in [7, 11) is 0. The van der Waals surface area contributed by atoms with Crippen LogP contribution in [0.15, 0.2) is 30.5 Å². The van der Waals surface area contributed by atoms with E-state index in [0.29, 0.717) is 13.2 Å². The molecule has 142 valence electrons. The van der Waals surface area contributed by atoms with Gasteiger partial charge in [0.1, 0.15) is 0 Å². The summed E-state index contributed by atoms with van der Waals surface area (Å²) in [5.74, 6) is 0.745. The highest BCUT2D eigenvalue weighted by Crippen LogP contribution is 2.44. The molecule has 3 aliphatic rings. The van der Waals surface area contributed by atoms with Crippen LogP contribution in [0.25, 0.3) is 0 Å². The molecule has 0 radical (unpaired) electrons. The molecule has 5 heteroatoms. The number of aliphatic hydroxyl groups is 1. The van der Waals surface area contributed by atoms with Gasteiger partial charge in [0.05, 0.1) is 23.5 Å². The first-order valence-corrected chi connectivity index (χ1v) is 10.1. The minimum absolute atomic E-state index is 0.249. The Kier molecular flexibility index (Phi) is 3.99. The molecule has 1 aliphatic carbocycles. The molecule has 0 saturated carbocycles. The second-order valence-corrected chi connectivity index (χ2v) is 8.63. The van der Waals surface area contributed by atoms with E-state index in [9.17, 15) is 5.11 Å². The van der Waals surface area contributed by atoms with Crippen LogP contribution in [0, 0.1) is 0 Å². The zero-order valence-corrected chi connectivity index (χ0v) is 15.9. The van der Waals surface area contributed by atoms with Crippen molar-refractivity contribution >= 4 is 5.95 Å². The van der Waals surface area contributed by atoms with Gasteiger partial charge in [0.15, 0.2) is 0 Å². The Balaban J connectivity index is 1.48. The lowest BCUT2D eigenvalue weighted by Crippen LogP contribution is -2.47. The molecule has 1 unspecified atom stereocenters. The van der Waals surface area contributed by atoms with Crippen molar-refractivity contribution in [2.45, 2.75) is 63.3 Å². The standard InChI is InChI=1S/C22H27N3O2/c1-21(26)9-5-11-25(15-21)20-23-13-17-14-27-22(12-19(17)24-20)10-4-7-16-6-2-3-8-18(16)22/h2-3,6,8,13,26H,4-5,7,9-12,14-15H2,1H3/t21-,22?/m1/s1. The van der Waals surface area contributed by atoms with Crippen LogP contribution in [-0.4, -0.2) is 33.8 Å². The fraction of sp³-hybridized carbons (Fsp3) is 0.545. The summed E-state index contributed by atoms with van der Waals surface area (Å²) < 4.78 is 6.44. The molecule has 1 saturated heterocycles. The van der Waals surface area contributed by atoms with E-state index < -0.39 is 5.60 Å².